The van der Waals surface area contributed by atoms with E-state index in [2.05, 4.69) is 30.6 Å². The minimum Gasteiger partial charge on any atom is -0.340 e. The maximum absolute atomic E-state index is 14.9. The number of hydrogen-bond donors (Lipinski definition) is 0. The Balaban J connectivity index is 1.51. The molecule has 2 aromatic rings. The van der Waals surface area contributed by atoms with Gasteiger partial charge < -0.3 is 4.90 Å². The average Bonchev–Trinajstić information content (AvgIpc) is 3.30. The number of ketones is 1. The minimum absolute atomic E-state index is 0.0224. The van der Waals surface area contributed by atoms with Crippen molar-refractivity contribution in [2.24, 2.45) is 5.92 Å². The van der Waals surface area contributed by atoms with Crippen LogP contribution in [-0.4, -0.2) is 76.7 Å². The van der Waals surface area contributed by atoms with Gasteiger partial charge in [0.2, 0.25) is 5.91 Å². The van der Waals surface area contributed by atoms with Crippen molar-refractivity contribution in [2.45, 2.75) is 64.6 Å². The molecular formula is C30H37Cl2F2N3O2. The standard InChI is InChI=1S/C30H37Cl2F2N3O2/c1-18-15-35(10-11-37(18)28(19(2)38)13-20-6-9-25(31)26(32)12-20)29(39)24-17-36(30(3,4)5)16-23(24)22-8-7-21(33)14-27(22)34/h6-9,12,14,18,23-24,28H,10-11,13,15-17H2,1-5H3/t18-,23+,24-,28+/m1/s1. The summed E-state index contributed by atoms with van der Waals surface area (Å²) in [6, 6.07) is 8.63. The van der Waals surface area contributed by atoms with Crippen LogP contribution >= 0.6 is 23.2 Å². The van der Waals surface area contributed by atoms with E-state index in [4.69, 9.17) is 23.2 Å². The highest BCUT2D eigenvalue weighted by Gasteiger charge is 2.45. The first-order chi connectivity index (χ1) is 18.3. The van der Waals surface area contributed by atoms with Crippen molar-refractivity contribution in [3.8, 4) is 0 Å². The van der Waals surface area contributed by atoms with Gasteiger partial charge in [-0.15, -0.1) is 0 Å². The van der Waals surface area contributed by atoms with Crippen LogP contribution in [0, 0.1) is 17.6 Å². The van der Waals surface area contributed by atoms with E-state index in [1.807, 2.05) is 17.9 Å². The smallest absolute Gasteiger partial charge is 0.227 e. The van der Waals surface area contributed by atoms with Gasteiger partial charge in [-0.25, -0.2) is 8.78 Å². The van der Waals surface area contributed by atoms with Crippen LogP contribution in [0.3, 0.4) is 0 Å². The molecule has 5 nitrogen and oxygen atoms in total. The number of Topliss-reactive ketones (excluding diaryl/α,β-unsaturated/α-hetero) is 1. The van der Waals surface area contributed by atoms with Crippen LogP contribution in [0.25, 0.3) is 0 Å². The largest absolute Gasteiger partial charge is 0.340 e. The molecule has 0 unspecified atom stereocenters. The lowest BCUT2D eigenvalue weighted by Gasteiger charge is -2.44. The summed E-state index contributed by atoms with van der Waals surface area (Å²) in [5.41, 5.74) is 1.11. The van der Waals surface area contributed by atoms with Gasteiger partial charge in [0, 0.05) is 56.3 Å². The third-order valence-electron chi connectivity index (χ3n) is 8.22. The number of carbonyl (C=O) groups excluding carboxylic acids is 2. The molecule has 4 atom stereocenters. The lowest BCUT2D eigenvalue weighted by Crippen LogP contribution is -2.59. The van der Waals surface area contributed by atoms with Crippen molar-refractivity contribution in [2.75, 3.05) is 32.7 Å². The molecule has 2 fully saturated rings. The Morgan fingerprint density at radius 3 is 2.31 bits per heavy atom. The molecule has 0 radical (unpaired) electrons. The summed E-state index contributed by atoms with van der Waals surface area (Å²) in [5.74, 6) is -2.02. The van der Waals surface area contributed by atoms with Crippen LogP contribution in [0.2, 0.25) is 10.0 Å². The summed E-state index contributed by atoms with van der Waals surface area (Å²) in [7, 11) is 0. The third-order valence-corrected chi connectivity index (χ3v) is 8.96. The first-order valence-electron chi connectivity index (χ1n) is 13.4. The molecule has 0 aromatic heterocycles. The Labute approximate surface area is 240 Å². The number of piperazine rings is 1. The number of amides is 1. The highest BCUT2D eigenvalue weighted by Crippen LogP contribution is 2.39. The van der Waals surface area contributed by atoms with E-state index in [1.54, 1.807) is 19.1 Å². The van der Waals surface area contributed by atoms with Crippen molar-refractivity contribution in [3.05, 3.63) is 69.2 Å². The molecule has 0 bridgehead atoms. The van der Waals surface area contributed by atoms with Crippen LogP contribution in [-0.2, 0) is 16.0 Å². The molecule has 0 aliphatic carbocycles. The summed E-state index contributed by atoms with van der Waals surface area (Å²) in [6.45, 7) is 12.4. The average molecular weight is 581 g/mol. The first-order valence-corrected chi connectivity index (χ1v) is 14.2. The predicted molar refractivity (Wildman–Crippen MR) is 151 cm³/mol. The van der Waals surface area contributed by atoms with E-state index in [9.17, 15) is 18.4 Å². The summed E-state index contributed by atoms with van der Waals surface area (Å²) in [4.78, 5) is 32.9. The number of benzene rings is 2. The first kappa shape index (κ1) is 29.9. The number of likely N-dealkylation sites (tertiary alicyclic amines) is 1. The van der Waals surface area contributed by atoms with Crippen LogP contribution in [0.15, 0.2) is 36.4 Å². The van der Waals surface area contributed by atoms with Crippen molar-refractivity contribution in [3.63, 3.8) is 0 Å². The van der Waals surface area contributed by atoms with Gasteiger partial charge in [0.05, 0.1) is 22.0 Å². The van der Waals surface area contributed by atoms with Gasteiger partial charge in [0.1, 0.15) is 17.4 Å². The third kappa shape index (κ3) is 6.64. The molecule has 0 saturated carbocycles. The van der Waals surface area contributed by atoms with E-state index >= 15 is 0 Å². The predicted octanol–water partition coefficient (Wildman–Crippen LogP) is 5.82. The van der Waals surface area contributed by atoms with E-state index in [0.29, 0.717) is 54.8 Å². The van der Waals surface area contributed by atoms with E-state index in [-0.39, 0.29) is 35.2 Å². The Morgan fingerprint density at radius 2 is 1.72 bits per heavy atom. The van der Waals surface area contributed by atoms with Gasteiger partial charge >= 0.3 is 0 Å². The van der Waals surface area contributed by atoms with Gasteiger partial charge in [-0.2, -0.15) is 0 Å². The molecule has 39 heavy (non-hydrogen) atoms. The highest BCUT2D eigenvalue weighted by atomic mass is 35.5. The topological polar surface area (TPSA) is 43.9 Å². The zero-order valence-electron chi connectivity index (χ0n) is 23.2. The molecule has 4 rings (SSSR count). The number of hydrogen-bond acceptors (Lipinski definition) is 4. The Bertz CT molecular complexity index is 1240. The summed E-state index contributed by atoms with van der Waals surface area (Å²) >= 11 is 12.3. The Morgan fingerprint density at radius 1 is 1.00 bits per heavy atom. The summed E-state index contributed by atoms with van der Waals surface area (Å²) < 4.78 is 28.5. The molecule has 2 aromatic carbocycles. The van der Waals surface area contributed by atoms with Gasteiger partial charge in [0.15, 0.2) is 0 Å². The second-order valence-corrected chi connectivity index (χ2v) is 12.7. The zero-order valence-corrected chi connectivity index (χ0v) is 24.7. The molecule has 2 heterocycles. The van der Waals surface area contributed by atoms with Crippen molar-refractivity contribution in [1.82, 2.24) is 14.7 Å². The molecule has 1 amide bonds. The molecule has 9 heteroatoms. The molecule has 2 aliphatic rings. The highest BCUT2D eigenvalue weighted by molar-refractivity contribution is 6.42. The zero-order chi connectivity index (χ0) is 28.6. The number of halogens is 4. The second-order valence-electron chi connectivity index (χ2n) is 11.9. The van der Waals surface area contributed by atoms with Gasteiger partial charge in [-0.05, 0) is 70.4 Å². The second kappa shape index (κ2) is 11.8. The number of carbonyl (C=O) groups is 2. The summed E-state index contributed by atoms with van der Waals surface area (Å²) in [5, 5.41) is 0.920. The van der Waals surface area contributed by atoms with Gasteiger partial charge in [-0.3, -0.25) is 19.4 Å². The van der Waals surface area contributed by atoms with Crippen molar-refractivity contribution < 1.29 is 18.4 Å². The van der Waals surface area contributed by atoms with Crippen LogP contribution in [0.5, 0.6) is 0 Å². The van der Waals surface area contributed by atoms with Crippen molar-refractivity contribution >= 4 is 34.9 Å². The summed E-state index contributed by atoms with van der Waals surface area (Å²) in [6.07, 6.45) is 0.500. The Hall–Kier alpha value is -2.06. The molecule has 2 aliphatic heterocycles. The molecular weight excluding hydrogens is 543 g/mol. The molecule has 212 valence electrons. The molecule has 0 N–H and O–H groups in total. The van der Waals surface area contributed by atoms with Crippen LogP contribution in [0.4, 0.5) is 8.78 Å². The lowest BCUT2D eigenvalue weighted by molar-refractivity contribution is -0.139. The normalized spacial score (nSPS) is 23.7. The maximum Gasteiger partial charge on any atom is 0.227 e. The SMILES string of the molecule is CC(=O)[C@H](Cc1ccc(Cl)c(Cl)c1)N1CCN(C(=O)[C@@H]2CN(C(C)(C)C)C[C@H]2c2ccc(F)cc2F)C[C@H]1C. The number of rotatable bonds is 6. The van der Waals surface area contributed by atoms with Crippen molar-refractivity contribution in [1.29, 1.82) is 0 Å². The minimum atomic E-state index is -0.629. The fourth-order valence-electron chi connectivity index (χ4n) is 5.97. The fourth-order valence-corrected chi connectivity index (χ4v) is 6.29. The van der Waals surface area contributed by atoms with Gasteiger partial charge in [-0.1, -0.05) is 35.3 Å². The van der Waals surface area contributed by atoms with E-state index in [0.717, 1.165) is 11.6 Å². The van der Waals surface area contributed by atoms with Crippen LogP contribution in [0.1, 0.15) is 51.7 Å². The van der Waals surface area contributed by atoms with Gasteiger partial charge in [0.25, 0.3) is 0 Å². The molecule has 0 spiro atoms. The Kier molecular flexibility index (Phi) is 9.06. The van der Waals surface area contributed by atoms with Crippen LogP contribution < -0.4 is 0 Å². The lowest BCUT2D eigenvalue weighted by atomic mass is 9.87. The van der Waals surface area contributed by atoms with E-state index in [1.165, 1.54) is 12.1 Å². The monoisotopic (exact) mass is 579 g/mol. The number of nitrogens with zero attached hydrogens (tertiary/aromatic N) is 3. The quantitative estimate of drug-likeness (QED) is 0.432. The fraction of sp³-hybridized carbons (Fsp3) is 0.533. The van der Waals surface area contributed by atoms with E-state index < -0.39 is 17.6 Å². The molecule has 2 saturated heterocycles. The maximum atomic E-state index is 14.9.